The number of nitro benzene ring substituents is 1. The highest BCUT2D eigenvalue weighted by molar-refractivity contribution is 7.80. The van der Waals surface area contributed by atoms with Gasteiger partial charge in [-0.2, -0.15) is 0 Å². The molecule has 1 saturated heterocycles. The maximum absolute atomic E-state index is 10.7. The molecule has 0 saturated carbocycles. The van der Waals surface area contributed by atoms with Crippen molar-refractivity contribution in [3.8, 4) is 5.75 Å². The molecule has 0 bridgehead atoms. The van der Waals surface area contributed by atoms with E-state index in [4.69, 9.17) is 17.0 Å². The fourth-order valence-corrected chi connectivity index (χ4v) is 2.11. The molecule has 1 aromatic rings. The number of benzene rings is 1. The van der Waals surface area contributed by atoms with Gasteiger partial charge in [-0.05, 0) is 31.1 Å². The molecule has 1 fully saturated rings. The van der Waals surface area contributed by atoms with E-state index in [2.05, 4.69) is 10.6 Å². The molecule has 7 nitrogen and oxygen atoms in total. The van der Waals surface area contributed by atoms with Crippen LogP contribution >= 0.6 is 12.2 Å². The van der Waals surface area contributed by atoms with Gasteiger partial charge in [-0.15, -0.1) is 0 Å². The number of nitrogens with one attached hydrogen (secondary N) is 2. The Morgan fingerprint density at radius 3 is 3.05 bits per heavy atom. The van der Waals surface area contributed by atoms with Crippen LogP contribution in [0.3, 0.4) is 0 Å². The molecular formula is C12H15N3O4S. The molecule has 108 valence electrons. The summed E-state index contributed by atoms with van der Waals surface area (Å²) in [7, 11) is 0. The van der Waals surface area contributed by atoms with Crippen molar-refractivity contribution in [2.24, 2.45) is 0 Å². The summed E-state index contributed by atoms with van der Waals surface area (Å²) in [6.45, 7) is 1.33. The third-order valence-electron chi connectivity index (χ3n) is 2.95. The number of nitrogens with zero attached hydrogens (tertiary/aromatic N) is 1. The Kier molecular flexibility index (Phi) is 4.70. The van der Waals surface area contributed by atoms with Gasteiger partial charge < -0.3 is 20.5 Å². The minimum absolute atomic E-state index is 0.100. The van der Waals surface area contributed by atoms with Crippen LogP contribution in [0.1, 0.15) is 12.8 Å². The van der Waals surface area contributed by atoms with Crippen molar-refractivity contribution in [1.82, 2.24) is 5.32 Å². The quantitative estimate of drug-likeness (QED) is 0.337. The summed E-state index contributed by atoms with van der Waals surface area (Å²) in [6, 6.07) is 3.71. The fraction of sp³-hybridized carbons (Fsp3) is 0.417. The van der Waals surface area contributed by atoms with Gasteiger partial charge >= 0.3 is 0 Å². The van der Waals surface area contributed by atoms with Gasteiger partial charge in [0.1, 0.15) is 5.75 Å². The number of hydrogen-bond acceptors (Lipinski definition) is 5. The number of anilines is 1. The van der Waals surface area contributed by atoms with Crippen LogP contribution in [0.15, 0.2) is 18.2 Å². The van der Waals surface area contributed by atoms with Gasteiger partial charge in [-0.1, -0.05) is 0 Å². The lowest BCUT2D eigenvalue weighted by Gasteiger charge is -2.14. The first-order valence-corrected chi connectivity index (χ1v) is 6.61. The summed E-state index contributed by atoms with van der Waals surface area (Å²) in [5.41, 5.74) is 0.0799. The van der Waals surface area contributed by atoms with E-state index >= 15 is 0 Å². The monoisotopic (exact) mass is 297 g/mol. The van der Waals surface area contributed by atoms with Crippen molar-refractivity contribution in [1.29, 1.82) is 0 Å². The van der Waals surface area contributed by atoms with E-state index in [0.717, 1.165) is 19.4 Å². The second kappa shape index (κ2) is 6.49. The summed E-state index contributed by atoms with van der Waals surface area (Å²) >= 11 is 5.08. The zero-order valence-corrected chi connectivity index (χ0v) is 11.5. The van der Waals surface area contributed by atoms with Crippen LogP contribution in [-0.2, 0) is 4.74 Å². The molecule has 3 N–H and O–H groups in total. The largest absolute Gasteiger partial charge is 0.506 e. The summed E-state index contributed by atoms with van der Waals surface area (Å²) < 4.78 is 5.44. The average Bonchev–Trinajstić information content (AvgIpc) is 2.92. The topological polar surface area (TPSA) is 96.7 Å². The van der Waals surface area contributed by atoms with Crippen LogP contribution in [-0.4, -0.2) is 34.4 Å². The second-order valence-electron chi connectivity index (χ2n) is 4.43. The third-order valence-corrected chi connectivity index (χ3v) is 3.20. The number of rotatable bonds is 4. The van der Waals surface area contributed by atoms with Crippen LogP contribution < -0.4 is 10.6 Å². The van der Waals surface area contributed by atoms with E-state index < -0.39 is 4.92 Å². The number of phenols is 1. The molecule has 0 aromatic heterocycles. The Labute approximate surface area is 121 Å². The first-order valence-electron chi connectivity index (χ1n) is 6.20. The number of phenolic OH excluding ortho intramolecular Hbond substituents is 1. The van der Waals surface area contributed by atoms with Gasteiger partial charge in [0, 0.05) is 25.3 Å². The van der Waals surface area contributed by atoms with E-state index in [9.17, 15) is 15.2 Å². The molecule has 1 aliphatic rings. The molecule has 1 atom stereocenters. The Morgan fingerprint density at radius 1 is 1.60 bits per heavy atom. The minimum Gasteiger partial charge on any atom is -0.506 e. The van der Waals surface area contributed by atoms with E-state index in [1.807, 2.05) is 0 Å². The van der Waals surface area contributed by atoms with Crippen LogP contribution in [0.25, 0.3) is 0 Å². The Morgan fingerprint density at radius 2 is 2.40 bits per heavy atom. The predicted molar refractivity (Wildman–Crippen MR) is 78.0 cm³/mol. The van der Waals surface area contributed by atoms with Gasteiger partial charge in [0.05, 0.1) is 16.7 Å². The molecule has 8 heteroatoms. The number of thiocarbonyl (C=S) groups is 1. The first kappa shape index (κ1) is 14.5. The zero-order valence-electron chi connectivity index (χ0n) is 10.7. The van der Waals surface area contributed by atoms with Crippen molar-refractivity contribution < 1.29 is 14.8 Å². The summed E-state index contributed by atoms with van der Waals surface area (Å²) in [5, 5.41) is 26.3. The van der Waals surface area contributed by atoms with Crippen molar-refractivity contribution in [3.63, 3.8) is 0 Å². The zero-order chi connectivity index (χ0) is 14.5. The first-order chi connectivity index (χ1) is 9.56. The number of non-ortho nitro benzene ring substituents is 1. The molecule has 0 amide bonds. The molecule has 0 unspecified atom stereocenters. The Hall–Kier alpha value is -1.93. The van der Waals surface area contributed by atoms with E-state index in [1.54, 1.807) is 0 Å². The Bertz CT molecular complexity index is 517. The Balaban J connectivity index is 1.92. The molecule has 1 heterocycles. The summed E-state index contributed by atoms with van der Waals surface area (Å²) in [4.78, 5) is 10.1. The van der Waals surface area contributed by atoms with Crippen LogP contribution in [0.2, 0.25) is 0 Å². The molecule has 0 spiro atoms. The fourth-order valence-electron chi connectivity index (χ4n) is 1.92. The van der Waals surface area contributed by atoms with Crippen LogP contribution in [0.5, 0.6) is 5.75 Å². The normalized spacial score (nSPS) is 17.7. The maximum Gasteiger partial charge on any atom is 0.271 e. The third kappa shape index (κ3) is 3.78. The molecule has 20 heavy (non-hydrogen) atoms. The maximum atomic E-state index is 10.7. The van der Waals surface area contributed by atoms with Crippen LogP contribution in [0.4, 0.5) is 11.4 Å². The lowest BCUT2D eigenvalue weighted by Crippen LogP contribution is -2.34. The molecule has 0 aliphatic carbocycles. The van der Waals surface area contributed by atoms with E-state index in [1.165, 1.54) is 18.2 Å². The minimum atomic E-state index is -0.534. The van der Waals surface area contributed by atoms with Gasteiger partial charge in [0.25, 0.3) is 5.69 Å². The van der Waals surface area contributed by atoms with Crippen LogP contribution in [0, 0.1) is 10.1 Å². The molecule has 0 radical (unpaired) electrons. The van der Waals surface area contributed by atoms with Gasteiger partial charge in [0.2, 0.25) is 0 Å². The number of aromatic hydroxyl groups is 1. The molecular weight excluding hydrogens is 282 g/mol. The summed E-state index contributed by atoms with van der Waals surface area (Å²) in [5.74, 6) is -0.100. The van der Waals surface area contributed by atoms with E-state index in [-0.39, 0.29) is 28.3 Å². The highest BCUT2D eigenvalue weighted by Crippen LogP contribution is 2.27. The molecule has 1 aromatic carbocycles. The van der Waals surface area contributed by atoms with Gasteiger partial charge in [0.15, 0.2) is 5.11 Å². The summed E-state index contributed by atoms with van der Waals surface area (Å²) in [6.07, 6.45) is 2.16. The number of nitro groups is 1. The van der Waals surface area contributed by atoms with Crippen molar-refractivity contribution in [2.45, 2.75) is 18.9 Å². The lowest BCUT2D eigenvalue weighted by atomic mass is 10.2. The lowest BCUT2D eigenvalue weighted by molar-refractivity contribution is -0.384. The smallest absolute Gasteiger partial charge is 0.271 e. The SMILES string of the molecule is O=[N+]([O-])c1ccc(O)c(NC(=S)NC[C@H]2CCCO2)c1. The van der Waals surface area contributed by atoms with E-state index in [0.29, 0.717) is 6.54 Å². The molecule has 2 rings (SSSR count). The highest BCUT2D eigenvalue weighted by Gasteiger charge is 2.16. The predicted octanol–water partition coefficient (Wildman–Crippen LogP) is 1.77. The highest BCUT2D eigenvalue weighted by atomic mass is 32.1. The number of hydrogen-bond donors (Lipinski definition) is 3. The van der Waals surface area contributed by atoms with Crippen molar-refractivity contribution >= 4 is 28.7 Å². The van der Waals surface area contributed by atoms with Crippen molar-refractivity contribution in [2.75, 3.05) is 18.5 Å². The van der Waals surface area contributed by atoms with Gasteiger partial charge in [-0.3, -0.25) is 10.1 Å². The molecule has 1 aliphatic heterocycles. The van der Waals surface area contributed by atoms with Gasteiger partial charge in [-0.25, -0.2) is 0 Å². The number of ether oxygens (including phenoxy) is 1. The average molecular weight is 297 g/mol. The van der Waals surface area contributed by atoms with Crippen molar-refractivity contribution in [3.05, 3.63) is 28.3 Å². The standard InChI is InChI=1S/C12H15N3O4S/c16-11-4-3-8(15(17)18)6-10(11)14-12(20)13-7-9-2-1-5-19-9/h3-4,6,9,16H,1-2,5,7H2,(H2,13,14,20)/t9-/m1/s1. The second-order valence-corrected chi connectivity index (χ2v) is 4.84.